The van der Waals surface area contributed by atoms with E-state index in [2.05, 4.69) is 6.58 Å². The number of aryl methyl sites for hydroxylation is 1. The lowest BCUT2D eigenvalue weighted by atomic mass is 10.0. The van der Waals surface area contributed by atoms with Gasteiger partial charge in [-0.2, -0.15) is 0 Å². The molecule has 0 aliphatic carbocycles. The Balaban J connectivity index is 3.31. The number of carbonyl (C=O) groups is 1. The van der Waals surface area contributed by atoms with Gasteiger partial charge in [-0.1, -0.05) is 12.6 Å². The molecular weight excluding hydrogens is 186 g/mol. The SMILES string of the molecule is C=C(C)C(=O)c1ccc(C)c(F)c1F. The first-order valence-corrected chi connectivity index (χ1v) is 4.10. The number of hydrogen-bond acceptors (Lipinski definition) is 1. The lowest BCUT2D eigenvalue weighted by Gasteiger charge is -2.04. The van der Waals surface area contributed by atoms with Gasteiger partial charge in [0.2, 0.25) is 0 Å². The number of benzene rings is 1. The molecule has 0 fully saturated rings. The van der Waals surface area contributed by atoms with E-state index in [9.17, 15) is 13.6 Å². The van der Waals surface area contributed by atoms with Crippen molar-refractivity contribution in [2.45, 2.75) is 13.8 Å². The summed E-state index contributed by atoms with van der Waals surface area (Å²) >= 11 is 0. The van der Waals surface area contributed by atoms with Gasteiger partial charge < -0.3 is 0 Å². The van der Waals surface area contributed by atoms with E-state index >= 15 is 0 Å². The summed E-state index contributed by atoms with van der Waals surface area (Å²) in [6.07, 6.45) is 0. The van der Waals surface area contributed by atoms with Crippen LogP contribution in [0.3, 0.4) is 0 Å². The summed E-state index contributed by atoms with van der Waals surface area (Å²) in [7, 11) is 0. The summed E-state index contributed by atoms with van der Waals surface area (Å²) in [6.45, 7) is 6.28. The highest BCUT2D eigenvalue weighted by atomic mass is 19.2. The molecule has 14 heavy (non-hydrogen) atoms. The quantitative estimate of drug-likeness (QED) is 0.525. The summed E-state index contributed by atoms with van der Waals surface area (Å²) < 4.78 is 26.3. The molecule has 0 unspecified atom stereocenters. The van der Waals surface area contributed by atoms with E-state index in [1.165, 1.54) is 26.0 Å². The molecule has 0 bridgehead atoms. The molecule has 0 aliphatic rings. The Labute approximate surface area is 81.1 Å². The first-order valence-electron chi connectivity index (χ1n) is 4.10. The average Bonchev–Trinajstić information content (AvgIpc) is 2.13. The summed E-state index contributed by atoms with van der Waals surface area (Å²) in [4.78, 5) is 11.3. The molecule has 1 aromatic rings. The number of halogens is 2. The van der Waals surface area contributed by atoms with Crippen LogP contribution in [0.5, 0.6) is 0 Å². The van der Waals surface area contributed by atoms with Crippen LogP contribution in [0.4, 0.5) is 8.78 Å². The zero-order valence-electron chi connectivity index (χ0n) is 8.03. The van der Waals surface area contributed by atoms with E-state index in [0.29, 0.717) is 0 Å². The summed E-state index contributed by atoms with van der Waals surface area (Å²) in [5.41, 5.74) is 0.105. The molecule has 1 rings (SSSR count). The smallest absolute Gasteiger partial charge is 0.191 e. The Morgan fingerprint density at radius 1 is 1.29 bits per heavy atom. The summed E-state index contributed by atoms with van der Waals surface area (Å²) in [5, 5.41) is 0. The molecule has 0 aliphatic heterocycles. The van der Waals surface area contributed by atoms with E-state index in [0.717, 1.165) is 0 Å². The largest absolute Gasteiger partial charge is 0.289 e. The third kappa shape index (κ3) is 1.71. The minimum atomic E-state index is -1.10. The number of hydrogen-bond donors (Lipinski definition) is 0. The van der Waals surface area contributed by atoms with Gasteiger partial charge in [-0.05, 0) is 31.1 Å². The number of carbonyl (C=O) groups excluding carboxylic acids is 1. The van der Waals surface area contributed by atoms with E-state index in [1.807, 2.05) is 0 Å². The van der Waals surface area contributed by atoms with Gasteiger partial charge >= 0.3 is 0 Å². The molecule has 0 N–H and O–H groups in total. The zero-order valence-corrected chi connectivity index (χ0v) is 8.03. The van der Waals surface area contributed by atoms with Gasteiger partial charge in [0.05, 0.1) is 5.56 Å². The van der Waals surface area contributed by atoms with Crippen molar-refractivity contribution in [3.8, 4) is 0 Å². The van der Waals surface area contributed by atoms with Gasteiger partial charge in [0, 0.05) is 0 Å². The standard InChI is InChI=1S/C11H10F2O/c1-6(2)11(14)8-5-4-7(3)9(12)10(8)13/h4-5H,1H2,2-3H3. The maximum Gasteiger partial charge on any atom is 0.191 e. The molecule has 0 amide bonds. The van der Waals surface area contributed by atoms with Crippen LogP contribution < -0.4 is 0 Å². The van der Waals surface area contributed by atoms with Crippen LogP contribution in [0, 0.1) is 18.6 Å². The molecule has 1 nitrogen and oxygen atoms in total. The summed E-state index contributed by atoms with van der Waals surface area (Å²) in [5.74, 6) is -2.64. The minimum absolute atomic E-state index is 0.181. The fraction of sp³-hybridized carbons (Fsp3) is 0.182. The molecule has 0 aromatic heterocycles. The minimum Gasteiger partial charge on any atom is -0.289 e. The molecule has 0 radical (unpaired) electrons. The molecular formula is C11H10F2O. The Bertz CT molecular complexity index is 408. The molecule has 74 valence electrons. The zero-order chi connectivity index (χ0) is 10.9. The topological polar surface area (TPSA) is 17.1 Å². The van der Waals surface area contributed by atoms with Crippen LogP contribution in [-0.4, -0.2) is 5.78 Å². The molecule has 3 heteroatoms. The van der Waals surface area contributed by atoms with Crippen LogP contribution in [0.1, 0.15) is 22.8 Å². The molecule has 0 saturated heterocycles. The first kappa shape index (κ1) is 10.6. The van der Waals surface area contributed by atoms with Gasteiger partial charge in [0.25, 0.3) is 0 Å². The Kier molecular flexibility index (Phi) is 2.79. The predicted molar refractivity (Wildman–Crippen MR) is 50.2 cm³/mol. The number of rotatable bonds is 2. The molecule has 0 heterocycles. The van der Waals surface area contributed by atoms with Gasteiger partial charge in [-0.3, -0.25) is 4.79 Å². The molecule has 1 aromatic carbocycles. The highest BCUT2D eigenvalue weighted by Gasteiger charge is 2.16. The Morgan fingerprint density at radius 3 is 2.36 bits per heavy atom. The number of Topliss-reactive ketones (excluding diaryl/α,β-unsaturated/α-hetero) is 1. The maximum absolute atomic E-state index is 13.2. The monoisotopic (exact) mass is 196 g/mol. The van der Waals surface area contributed by atoms with Crippen molar-refractivity contribution in [3.05, 3.63) is 47.0 Å². The van der Waals surface area contributed by atoms with Crippen LogP contribution >= 0.6 is 0 Å². The van der Waals surface area contributed by atoms with Crippen molar-refractivity contribution < 1.29 is 13.6 Å². The fourth-order valence-electron chi connectivity index (χ4n) is 1.05. The Morgan fingerprint density at radius 2 is 1.86 bits per heavy atom. The maximum atomic E-state index is 13.2. The third-order valence-electron chi connectivity index (χ3n) is 1.91. The predicted octanol–water partition coefficient (Wildman–Crippen LogP) is 3.03. The van der Waals surface area contributed by atoms with E-state index < -0.39 is 17.4 Å². The van der Waals surface area contributed by atoms with E-state index in [4.69, 9.17) is 0 Å². The van der Waals surface area contributed by atoms with Crippen molar-refractivity contribution in [2.75, 3.05) is 0 Å². The second kappa shape index (κ2) is 3.70. The van der Waals surface area contributed by atoms with Crippen molar-refractivity contribution in [2.24, 2.45) is 0 Å². The normalized spacial score (nSPS) is 10.0. The molecule has 0 saturated carbocycles. The van der Waals surface area contributed by atoms with Gasteiger partial charge in [0.15, 0.2) is 17.4 Å². The summed E-state index contributed by atoms with van der Waals surface area (Å²) in [6, 6.07) is 2.64. The molecule has 0 spiro atoms. The van der Waals surface area contributed by atoms with Crippen molar-refractivity contribution >= 4 is 5.78 Å². The lowest BCUT2D eigenvalue weighted by molar-refractivity contribution is 0.103. The van der Waals surface area contributed by atoms with Gasteiger partial charge in [0.1, 0.15) is 0 Å². The number of ketones is 1. The second-order valence-corrected chi connectivity index (χ2v) is 3.17. The van der Waals surface area contributed by atoms with Crippen LogP contribution in [0.25, 0.3) is 0 Å². The van der Waals surface area contributed by atoms with Gasteiger partial charge in [-0.25, -0.2) is 8.78 Å². The first-order chi connectivity index (χ1) is 6.45. The fourth-order valence-corrected chi connectivity index (χ4v) is 1.05. The van der Waals surface area contributed by atoms with E-state index in [-0.39, 0.29) is 16.7 Å². The highest BCUT2D eigenvalue weighted by molar-refractivity contribution is 6.08. The van der Waals surface area contributed by atoms with Crippen LogP contribution in [0.15, 0.2) is 24.3 Å². The van der Waals surface area contributed by atoms with Crippen molar-refractivity contribution in [1.82, 2.24) is 0 Å². The van der Waals surface area contributed by atoms with E-state index in [1.54, 1.807) is 0 Å². The molecule has 0 atom stereocenters. The van der Waals surface area contributed by atoms with Gasteiger partial charge in [-0.15, -0.1) is 0 Å². The van der Waals surface area contributed by atoms with Crippen molar-refractivity contribution in [3.63, 3.8) is 0 Å². The van der Waals surface area contributed by atoms with Crippen LogP contribution in [-0.2, 0) is 0 Å². The average molecular weight is 196 g/mol. The highest BCUT2D eigenvalue weighted by Crippen LogP contribution is 2.17. The van der Waals surface area contributed by atoms with Crippen LogP contribution in [0.2, 0.25) is 0 Å². The van der Waals surface area contributed by atoms with Crippen molar-refractivity contribution in [1.29, 1.82) is 0 Å². The second-order valence-electron chi connectivity index (χ2n) is 3.17. The Hall–Kier alpha value is -1.51. The lowest BCUT2D eigenvalue weighted by Crippen LogP contribution is -2.05. The third-order valence-corrected chi connectivity index (χ3v) is 1.91. The number of allylic oxidation sites excluding steroid dienone is 1.